The lowest BCUT2D eigenvalue weighted by atomic mass is 10.1. The fraction of sp³-hybridized carbons (Fsp3) is 0.533. The summed E-state index contributed by atoms with van der Waals surface area (Å²) in [4.78, 5) is 4.38. The van der Waals surface area contributed by atoms with Gasteiger partial charge < -0.3 is 15.4 Å². The standard InChI is InChI=1S/C15H23F2N3O.HI/c1-3-18-15(19-8-4-10-21-2)20-9-7-12-5-6-13(16)11-14(12)17;/h5-6,11H,3-4,7-10H2,1-2H3,(H2,18,19,20);1H. The summed E-state index contributed by atoms with van der Waals surface area (Å²) in [5.41, 5.74) is 0.485. The van der Waals surface area contributed by atoms with Crippen molar-refractivity contribution in [1.82, 2.24) is 10.6 Å². The largest absolute Gasteiger partial charge is 0.385 e. The molecule has 0 aliphatic carbocycles. The smallest absolute Gasteiger partial charge is 0.191 e. The third-order valence-electron chi connectivity index (χ3n) is 2.82. The zero-order chi connectivity index (χ0) is 15.5. The minimum atomic E-state index is -0.558. The van der Waals surface area contributed by atoms with Crippen LogP contribution in [0.5, 0.6) is 0 Å². The Labute approximate surface area is 147 Å². The van der Waals surface area contributed by atoms with Gasteiger partial charge in [-0.05, 0) is 31.4 Å². The fourth-order valence-electron chi connectivity index (χ4n) is 1.78. The van der Waals surface area contributed by atoms with Gasteiger partial charge in [0.1, 0.15) is 11.6 Å². The number of benzene rings is 1. The number of guanidine groups is 1. The molecule has 7 heteroatoms. The van der Waals surface area contributed by atoms with E-state index in [0.717, 1.165) is 19.0 Å². The first kappa shape index (κ1) is 21.0. The highest BCUT2D eigenvalue weighted by molar-refractivity contribution is 14.0. The molecular weight excluding hydrogens is 403 g/mol. The van der Waals surface area contributed by atoms with Crippen LogP contribution in [0.15, 0.2) is 23.2 Å². The summed E-state index contributed by atoms with van der Waals surface area (Å²) in [6.07, 6.45) is 1.31. The first-order chi connectivity index (χ1) is 10.2. The molecule has 126 valence electrons. The molecule has 2 N–H and O–H groups in total. The normalized spacial score (nSPS) is 11.0. The molecule has 0 aromatic heterocycles. The van der Waals surface area contributed by atoms with Crippen LogP contribution in [-0.4, -0.2) is 39.3 Å². The van der Waals surface area contributed by atoms with Crippen molar-refractivity contribution in [1.29, 1.82) is 0 Å². The van der Waals surface area contributed by atoms with E-state index in [9.17, 15) is 8.78 Å². The molecule has 0 unspecified atom stereocenters. The third kappa shape index (κ3) is 8.47. The Balaban J connectivity index is 0.00000441. The van der Waals surface area contributed by atoms with E-state index >= 15 is 0 Å². The predicted octanol–water partition coefficient (Wildman–Crippen LogP) is 2.72. The molecule has 0 heterocycles. The molecule has 0 saturated carbocycles. The number of aliphatic imine (C=N–C) groups is 1. The molecular formula is C15H24F2IN3O. The van der Waals surface area contributed by atoms with Crippen molar-refractivity contribution in [3.63, 3.8) is 0 Å². The number of ether oxygens (including phenoxy) is 1. The molecule has 0 aliphatic heterocycles. The maximum absolute atomic E-state index is 13.5. The number of rotatable bonds is 8. The lowest BCUT2D eigenvalue weighted by molar-refractivity contribution is 0.197. The van der Waals surface area contributed by atoms with Crippen molar-refractivity contribution in [2.24, 2.45) is 4.99 Å². The van der Waals surface area contributed by atoms with Crippen molar-refractivity contribution in [3.05, 3.63) is 35.4 Å². The second-order valence-corrected chi connectivity index (χ2v) is 4.52. The van der Waals surface area contributed by atoms with Gasteiger partial charge in [-0.2, -0.15) is 0 Å². The average Bonchev–Trinajstić information content (AvgIpc) is 2.45. The van der Waals surface area contributed by atoms with Gasteiger partial charge >= 0.3 is 0 Å². The quantitative estimate of drug-likeness (QED) is 0.290. The zero-order valence-corrected chi connectivity index (χ0v) is 15.3. The van der Waals surface area contributed by atoms with E-state index in [1.165, 1.54) is 12.1 Å². The van der Waals surface area contributed by atoms with E-state index in [1.54, 1.807) is 7.11 Å². The molecule has 4 nitrogen and oxygen atoms in total. The van der Waals surface area contributed by atoms with Crippen molar-refractivity contribution >= 4 is 29.9 Å². The summed E-state index contributed by atoms with van der Waals surface area (Å²) in [7, 11) is 1.66. The number of nitrogens with zero attached hydrogens (tertiary/aromatic N) is 1. The highest BCUT2D eigenvalue weighted by atomic mass is 127. The summed E-state index contributed by atoms with van der Waals surface area (Å²) in [6, 6.07) is 3.64. The van der Waals surface area contributed by atoms with Gasteiger partial charge in [0, 0.05) is 39.4 Å². The highest BCUT2D eigenvalue weighted by Gasteiger charge is 2.04. The van der Waals surface area contributed by atoms with Gasteiger partial charge in [-0.25, -0.2) is 8.78 Å². The highest BCUT2D eigenvalue weighted by Crippen LogP contribution is 2.09. The van der Waals surface area contributed by atoms with Crippen LogP contribution in [-0.2, 0) is 11.2 Å². The minimum absolute atomic E-state index is 0. The van der Waals surface area contributed by atoms with Gasteiger partial charge in [-0.1, -0.05) is 6.07 Å². The summed E-state index contributed by atoms with van der Waals surface area (Å²) in [5.74, 6) is -0.382. The Morgan fingerprint density at radius 3 is 2.68 bits per heavy atom. The number of methoxy groups -OCH3 is 1. The Kier molecular flexibility index (Phi) is 12.0. The summed E-state index contributed by atoms with van der Waals surface area (Å²) < 4.78 is 31.3. The van der Waals surface area contributed by atoms with Gasteiger partial charge in [0.15, 0.2) is 5.96 Å². The molecule has 0 amide bonds. The van der Waals surface area contributed by atoms with Gasteiger partial charge in [0.25, 0.3) is 0 Å². The number of halogens is 3. The van der Waals surface area contributed by atoms with Gasteiger partial charge in [0.05, 0.1) is 0 Å². The number of nitrogens with one attached hydrogen (secondary N) is 2. The molecule has 1 aromatic carbocycles. The minimum Gasteiger partial charge on any atom is -0.385 e. The van der Waals surface area contributed by atoms with E-state index in [1.807, 2.05) is 6.92 Å². The number of hydrogen-bond acceptors (Lipinski definition) is 2. The summed E-state index contributed by atoms with van der Waals surface area (Å²) in [6.45, 7) is 4.59. The van der Waals surface area contributed by atoms with Crippen LogP contribution < -0.4 is 10.6 Å². The lowest BCUT2D eigenvalue weighted by Crippen LogP contribution is -2.38. The van der Waals surface area contributed by atoms with Crippen LogP contribution in [0.2, 0.25) is 0 Å². The molecule has 0 atom stereocenters. The number of hydrogen-bond donors (Lipinski definition) is 2. The topological polar surface area (TPSA) is 45.7 Å². The van der Waals surface area contributed by atoms with Crippen molar-refractivity contribution in [2.45, 2.75) is 19.8 Å². The monoisotopic (exact) mass is 427 g/mol. The second-order valence-electron chi connectivity index (χ2n) is 4.52. The molecule has 0 spiro atoms. The van der Waals surface area contributed by atoms with E-state index in [2.05, 4.69) is 15.6 Å². The second kappa shape index (κ2) is 12.6. The Hall–Kier alpha value is -0.960. The summed E-state index contributed by atoms with van der Waals surface area (Å²) in [5, 5.41) is 6.24. The molecule has 0 bridgehead atoms. The van der Waals surface area contributed by atoms with Crippen molar-refractivity contribution in [3.8, 4) is 0 Å². The first-order valence-electron chi connectivity index (χ1n) is 7.12. The molecule has 1 rings (SSSR count). The van der Waals surface area contributed by atoms with Gasteiger partial charge in [0.2, 0.25) is 0 Å². The fourth-order valence-corrected chi connectivity index (χ4v) is 1.78. The Bertz CT molecular complexity index is 458. The van der Waals surface area contributed by atoms with Crippen LogP contribution in [0.4, 0.5) is 8.78 Å². The third-order valence-corrected chi connectivity index (χ3v) is 2.82. The van der Waals surface area contributed by atoms with Crippen LogP contribution in [0, 0.1) is 11.6 Å². The Morgan fingerprint density at radius 1 is 1.27 bits per heavy atom. The summed E-state index contributed by atoms with van der Waals surface area (Å²) >= 11 is 0. The SMILES string of the molecule is CCNC(=NCCCOC)NCCc1ccc(F)cc1F.I. The van der Waals surface area contributed by atoms with Gasteiger partial charge in [-0.3, -0.25) is 4.99 Å². The molecule has 22 heavy (non-hydrogen) atoms. The van der Waals surface area contributed by atoms with Gasteiger partial charge in [-0.15, -0.1) is 24.0 Å². The van der Waals surface area contributed by atoms with Crippen LogP contribution in [0.3, 0.4) is 0 Å². The van der Waals surface area contributed by atoms with E-state index < -0.39 is 11.6 Å². The zero-order valence-electron chi connectivity index (χ0n) is 13.0. The van der Waals surface area contributed by atoms with Crippen molar-refractivity contribution < 1.29 is 13.5 Å². The molecule has 0 radical (unpaired) electrons. The molecule has 0 fully saturated rings. The molecule has 1 aromatic rings. The average molecular weight is 427 g/mol. The van der Waals surface area contributed by atoms with E-state index in [4.69, 9.17) is 4.74 Å². The Morgan fingerprint density at radius 2 is 2.05 bits per heavy atom. The van der Waals surface area contributed by atoms with E-state index in [-0.39, 0.29) is 24.0 Å². The maximum Gasteiger partial charge on any atom is 0.191 e. The van der Waals surface area contributed by atoms with E-state index in [0.29, 0.717) is 37.6 Å². The van der Waals surface area contributed by atoms with Crippen LogP contribution in [0.1, 0.15) is 18.9 Å². The van der Waals surface area contributed by atoms with Crippen LogP contribution >= 0.6 is 24.0 Å². The lowest BCUT2D eigenvalue weighted by Gasteiger charge is -2.11. The first-order valence-corrected chi connectivity index (χ1v) is 7.12. The molecule has 0 saturated heterocycles. The molecule has 0 aliphatic rings. The van der Waals surface area contributed by atoms with Crippen LogP contribution in [0.25, 0.3) is 0 Å². The van der Waals surface area contributed by atoms with Crippen molar-refractivity contribution in [2.75, 3.05) is 33.4 Å². The maximum atomic E-state index is 13.5. The predicted molar refractivity (Wildman–Crippen MR) is 96.0 cm³/mol.